The summed E-state index contributed by atoms with van der Waals surface area (Å²) in [7, 11) is 0. The monoisotopic (exact) mass is 329 g/mol. The van der Waals surface area contributed by atoms with Crippen molar-refractivity contribution in [3.63, 3.8) is 0 Å². The summed E-state index contributed by atoms with van der Waals surface area (Å²) in [4.78, 5) is 16.8. The summed E-state index contributed by atoms with van der Waals surface area (Å²) in [5.41, 5.74) is 3.76. The molecule has 2 aliphatic heterocycles. The minimum atomic E-state index is -0.0111. The van der Waals surface area contributed by atoms with Crippen molar-refractivity contribution in [2.75, 3.05) is 44.7 Å². The number of nitrogens with one attached hydrogen (secondary N) is 1. The van der Waals surface area contributed by atoms with Gasteiger partial charge < -0.3 is 15.0 Å². The smallest absolute Gasteiger partial charge is 0.321 e. The number of carbonyl (C=O) groups excluding carboxylic acids is 1. The van der Waals surface area contributed by atoms with Crippen LogP contribution in [0, 0.1) is 0 Å². The standard InChI is InChI=1S/C19H27N3O2/c23-19(22-10-12-24-13-11-22)20-17-5-4-15-6-8-21(18-2-1-3-18)9-7-16(15)14-17/h4-5,14,18H,1-3,6-13H2,(H,20,23). The zero-order chi connectivity index (χ0) is 16.4. The van der Waals surface area contributed by atoms with Crippen LogP contribution in [0.1, 0.15) is 30.4 Å². The van der Waals surface area contributed by atoms with Crippen LogP contribution in [-0.4, -0.2) is 61.3 Å². The molecule has 5 heteroatoms. The summed E-state index contributed by atoms with van der Waals surface area (Å²) < 4.78 is 5.31. The van der Waals surface area contributed by atoms with E-state index in [0.717, 1.165) is 31.1 Å². The highest BCUT2D eigenvalue weighted by molar-refractivity contribution is 5.89. The largest absolute Gasteiger partial charge is 0.378 e. The van der Waals surface area contributed by atoms with Crippen molar-refractivity contribution < 1.29 is 9.53 Å². The van der Waals surface area contributed by atoms with Crippen LogP contribution in [0.2, 0.25) is 0 Å². The molecule has 2 amide bonds. The van der Waals surface area contributed by atoms with Gasteiger partial charge in [0.1, 0.15) is 0 Å². The SMILES string of the molecule is O=C(Nc1ccc2c(c1)CCN(C1CCC1)CC2)N1CCOCC1. The number of ether oxygens (including phenoxy) is 1. The van der Waals surface area contributed by atoms with E-state index in [1.165, 1.54) is 36.9 Å². The molecule has 3 aliphatic rings. The Morgan fingerprint density at radius 2 is 1.79 bits per heavy atom. The predicted octanol–water partition coefficient (Wildman–Crippen LogP) is 2.50. The van der Waals surface area contributed by atoms with Crippen molar-refractivity contribution in [1.82, 2.24) is 9.80 Å². The maximum Gasteiger partial charge on any atom is 0.321 e. The number of morpholine rings is 1. The van der Waals surface area contributed by atoms with Gasteiger partial charge in [-0.3, -0.25) is 4.90 Å². The molecular weight excluding hydrogens is 302 g/mol. The quantitative estimate of drug-likeness (QED) is 0.907. The third kappa shape index (κ3) is 3.42. The minimum Gasteiger partial charge on any atom is -0.378 e. The third-order valence-electron chi connectivity index (χ3n) is 5.68. The van der Waals surface area contributed by atoms with Crippen LogP contribution in [0.15, 0.2) is 18.2 Å². The number of benzene rings is 1. The molecule has 1 aliphatic carbocycles. The Morgan fingerprint density at radius 3 is 2.50 bits per heavy atom. The van der Waals surface area contributed by atoms with E-state index >= 15 is 0 Å². The Kier molecular flexibility index (Phi) is 4.72. The first-order valence-electron chi connectivity index (χ1n) is 9.29. The predicted molar refractivity (Wildman–Crippen MR) is 94.5 cm³/mol. The molecule has 1 aromatic rings. The van der Waals surface area contributed by atoms with Crippen LogP contribution in [0.4, 0.5) is 10.5 Å². The van der Waals surface area contributed by atoms with E-state index < -0.39 is 0 Å². The molecule has 1 aromatic carbocycles. The summed E-state index contributed by atoms with van der Waals surface area (Å²) >= 11 is 0. The fourth-order valence-corrected chi connectivity index (χ4v) is 3.91. The van der Waals surface area contributed by atoms with Gasteiger partial charge in [-0.25, -0.2) is 4.79 Å². The third-order valence-corrected chi connectivity index (χ3v) is 5.68. The molecule has 5 nitrogen and oxygen atoms in total. The second-order valence-corrected chi connectivity index (χ2v) is 7.13. The number of nitrogens with zero attached hydrogens (tertiary/aromatic N) is 2. The molecule has 0 aromatic heterocycles. The lowest BCUT2D eigenvalue weighted by Gasteiger charge is -2.36. The molecule has 2 fully saturated rings. The summed E-state index contributed by atoms with van der Waals surface area (Å²) in [6, 6.07) is 7.24. The second kappa shape index (κ2) is 7.11. The highest BCUT2D eigenvalue weighted by Gasteiger charge is 2.26. The van der Waals surface area contributed by atoms with E-state index in [-0.39, 0.29) is 6.03 Å². The minimum absolute atomic E-state index is 0.0111. The number of carbonyl (C=O) groups is 1. The molecule has 24 heavy (non-hydrogen) atoms. The van der Waals surface area contributed by atoms with Crippen LogP contribution < -0.4 is 5.32 Å². The Hall–Kier alpha value is -1.59. The van der Waals surface area contributed by atoms with E-state index in [4.69, 9.17) is 4.74 Å². The summed E-state index contributed by atoms with van der Waals surface area (Å²) in [6.07, 6.45) is 6.36. The van der Waals surface area contributed by atoms with Crippen LogP contribution in [0.3, 0.4) is 0 Å². The Morgan fingerprint density at radius 1 is 1.04 bits per heavy atom. The summed E-state index contributed by atoms with van der Waals surface area (Å²) in [5, 5.41) is 3.06. The number of hydrogen-bond donors (Lipinski definition) is 1. The summed E-state index contributed by atoms with van der Waals surface area (Å²) in [5.74, 6) is 0. The molecule has 1 saturated carbocycles. The van der Waals surface area contributed by atoms with Gasteiger partial charge in [-0.1, -0.05) is 12.5 Å². The van der Waals surface area contributed by atoms with E-state index in [0.29, 0.717) is 26.3 Å². The van der Waals surface area contributed by atoms with E-state index in [9.17, 15) is 4.79 Å². The van der Waals surface area contributed by atoms with Gasteiger partial charge in [-0.05, 0) is 48.9 Å². The van der Waals surface area contributed by atoms with Gasteiger partial charge in [0, 0.05) is 37.9 Å². The Balaban J connectivity index is 1.40. The highest BCUT2D eigenvalue weighted by atomic mass is 16.5. The van der Waals surface area contributed by atoms with Crippen LogP contribution in [-0.2, 0) is 17.6 Å². The summed E-state index contributed by atoms with van der Waals surface area (Å²) in [6.45, 7) is 4.94. The molecule has 1 saturated heterocycles. The van der Waals surface area contributed by atoms with E-state index in [2.05, 4.69) is 28.4 Å². The number of fused-ring (bicyclic) bond motifs is 1. The molecular formula is C19H27N3O2. The Bertz CT molecular complexity index is 594. The number of rotatable bonds is 2. The molecule has 130 valence electrons. The van der Waals surface area contributed by atoms with Crippen molar-refractivity contribution in [1.29, 1.82) is 0 Å². The van der Waals surface area contributed by atoms with Gasteiger partial charge >= 0.3 is 6.03 Å². The van der Waals surface area contributed by atoms with Crippen LogP contribution in [0.5, 0.6) is 0 Å². The zero-order valence-electron chi connectivity index (χ0n) is 14.3. The maximum absolute atomic E-state index is 12.3. The average molecular weight is 329 g/mol. The number of anilines is 1. The van der Waals surface area contributed by atoms with Gasteiger partial charge in [-0.15, -0.1) is 0 Å². The van der Waals surface area contributed by atoms with Gasteiger partial charge in [0.2, 0.25) is 0 Å². The first kappa shape index (κ1) is 15.9. The molecule has 0 radical (unpaired) electrons. The van der Waals surface area contributed by atoms with E-state index in [1.54, 1.807) is 0 Å². The Labute approximate surface area is 144 Å². The normalized spacial score (nSPS) is 22.4. The molecule has 0 bridgehead atoms. The molecule has 1 N–H and O–H groups in total. The fraction of sp³-hybridized carbons (Fsp3) is 0.632. The topological polar surface area (TPSA) is 44.8 Å². The maximum atomic E-state index is 12.3. The van der Waals surface area contributed by atoms with Crippen molar-refractivity contribution in [3.05, 3.63) is 29.3 Å². The number of amides is 2. The van der Waals surface area contributed by atoms with E-state index in [1.807, 2.05) is 4.90 Å². The van der Waals surface area contributed by atoms with Gasteiger partial charge in [-0.2, -0.15) is 0 Å². The lowest BCUT2D eigenvalue weighted by atomic mass is 9.91. The van der Waals surface area contributed by atoms with Crippen molar-refractivity contribution in [2.45, 2.75) is 38.1 Å². The van der Waals surface area contributed by atoms with Crippen molar-refractivity contribution >= 4 is 11.7 Å². The second-order valence-electron chi connectivity index (χ2n) is 7.13. The molecule has 0 spiro atoms. The number of urea groups is 1. The lowest BCUT2D eigenvalue weighted by Crippen LogP contribution is -2.43. The first-order chi connectivity index (χ1) is 11.8. The molecule has 2 heterocycles. The molecule has 4 rings (SSSR count). The van der Waals surface area contributed by atoms with Gasteiger partial charge in [0.25, 0.3) is 0 Å². The van der Waals surface area contributed by atoms with Crippen LogP contribution >= 0.6 is 0 Å². The fourth-order valence-electron chi connectivity index (χ4n) is 3.91. The van der Waals surface area contributed by atoms with Crippen molar-refractivity contribution in [3.8, 4) is 0 Å². The van der Waals surface area contributed by atoms with Gasteiger partial charge in [0.05, 0.1) is 13.2 Å². The molecule has 0 unspecified atom stereocenters. The van der Waals surface area contributed by atoms with Gasteiger partial charge in [0.15, 0.2) is 0 Å². The van der Waals surface area contributed by atoms with Crippen LogP contribution in [0.25, 0.3) is 0 Å². The molecule has 0 atom stereocenters. The van der Waals surface area contributed by atoms with Crippen molar-refractivity contribution in [2.24, 2.45) is 0 Å². The number of hydrogen-bond acceptors (Lipinski definition) is 3. The first-order valence-corrected chi connectivity index (χ1v) is 9.29. The average Bonchev–Trinajstić information content (AvgIpc) is 2.77. The lowest BCUT2D eigenvalue weighted by molar-refractivity contribution is 0.0564. The highest BCUT2D eigenvalue weighted by Crippen LogP contribution is 2.28. The zero-order valence-corrected chi connectivity index (χ0v) is 14.3.